The van der Waals surface area contributed by atoms with Crippen LogP contribution in [0.5, 0.6) is 0 Å². The van der Waals surface area contributed by atoms with E-state index in [4.69, 9.17) is 4.74 Å². The van der Waals surface area contributed by atoms with Gasteiger partial charge in [-0.15, -0.1) is 6.58 Å². The number of ether oxygens (including phenoxy) is 1. The van der Waals surface area contributed by atoms with E-state index in [9.17, 15) is 51.2 Å². The fraction of sp³-hybridized carbons (Fsp3) is 0.526. The van der Waals surface area contributed by atoms with Crippen LogP contribution in [0.3, 0.4) is 0 Å². The fourth-order valence-corrected chi connectivity index (χ4v) is 10.1. The number of carboxylic acid groups (broad SMARTS) is 1. The first-order chi connectivity index (χ1) is 28.1. The van der Waals surface area contributed by atoms with E-state index in [-0.39, 0.29) is 42.5 Å². The van der Waals surface area contributed by atoms with Gasteiger partial charge >= 0.3 is 12.1 Å². The quantitative estimate of drug-likeness (QED) is 0.0388. The van der Waals surface area contributed by atoms with E-state index in [0.717, 1.165) is 57.1 Å². The van der Waals surface area contributed by atoms with Crippen LogP contribution in [0.25, 0.3) is 0 Å². The first kappa shape index (κ1) is 45.0. The van der Waals surface area contributed by atoms with E-state index in [0.29, 0.717) is 19.4 Å². The summed E-state index contributed by atoms with van der Waals surface area (Å²) in [6, 6.07) is 8.07. The van der Waals surface area contributed by atoms with Gasteiger partial charge in [-0.25, -0.2) is 35.9 Å². The van der Waals surface area contributed by atoms with Gasteiger partial charge in [-0.2, -0.15) is 0 Å². The Morgan fingerprint density at radius 1 is 0.966 bits per heavy atom. The van der Waals surface area contributed by atoms with Crippen LogP contribution >= 0.6 is 0 Å². The third-order valence-corrected chi connectivity index (χ3v) is 13.7. The van der Waals surface area contributed by atoms with Crippen molar-refractivity contribution in [3.8, 4) is 0 Å². The molecule has 3 amide bonds. The van der Waals surface area contributed by atoms with Crippen LogP contribution < -0.4 is 30.7 Å². The van der Waals surface area contributed by atoms with Crippen LogP contribution in [-0.2, 0) is 39.2 Å². The Kier molecular flexibility index (Phi) is 15.1. The van der Waals surface area contributed by atoms with Gasteiger partial charge in [-0.3, -0.25) is 19.7 Å². The second kappa shape index (κ2) is 19.8. The molecule has 0 spiro atoms. The Hall–Kier alpha value is -5.12. The van der Waals surface area contributed by atoms with Crippen LogP contribution in [0.1, 0.15) is 77.0 Å². The molecule has 5 atom stereocenters. The Bertz CT molecular complexity index is 2110. The number of amides is 3. The molecular weight excluding hydrogens is 811 g/mol. The van der Waals surface area contributed by atoms with E-state index < -0.39 is 89.0 Å². The molecule has 2 aliphatic carbocycles. The zero-order chi connectivity index (χ0) is 42.8. The van der Waals surface area contributed by atoms with Crippen LogP contribution in [0.15, 0.2) is 71.0 Å². The highest BCUT2D eigenvalue weighted by molar-refractivity contribution is 7.90. The zero-order valence-electron chi connectivity index (χ0n) is 32.4. The molecular formula is C38H51N7O12S2. The minimum Gasteiger partial charge on any atom is -0.480 e. The molecule has 3 fully saturated rings. The Morgan fingerprint density at radius 3 is 2.31 bits per heavy atom. The molecule has 59 heavy (non-hydrogen) atoms. The van der Waals surface area contributed by atoms with E-state index in [1.165, 1.54) is 30.3 Å². The number of para-hydroxylation sites is 2. The third kappa shape index (κ3) is 11.8. The van der Waals surface area contributed by atoms with Crippen molar-refractivity contribution in [1.82, 2.24) is 25.4 Å². The number of sulfonamides is 2. The van der Waals surface area contributed by atoms with Crippen LogP contribution in [0.4, 0.5) is 16.2 Å². The van der Waals surface area contributed by atoms with Gasteiger partial charge in [0.25, 0.3) is 21.6 Å². The number of carbonyl (C=O) groups excluding carboxylic acids is 3. The number of benzene rings is 2. The van der Waals surface area contributed by atoms with Crippen LogP contribution in [-0.4, -0.2) is 93.6 Å². The minimum atomic E-state index is -4.45. The maximum Gasteiger partial charge on any atom is 0.408 e. The van der Waals surface area contributed by atoms with Crippen LogP contribution in [0, 0.1) is 16.0 Å². The molecule has 21 heteroatoms. The summed E-state index contributed by atoms with van der Waals surface area (Å²) in [6.45, 7) is 4.11. The number of nitro groups is 1. The normalized spacial score (nSPS) is 22.1. The maximum atomic E-state index is 13.6. The SMILES string of the molecule is C=C[C@@H]1C[C@]1(NC(=O)[C@@H]1C[C@@H](NS(=O)(=O)c2ccccc2[N+](=O)[O-])CN1)C(=O)NS(=O)(=O)c1ccccc1NCCCCCCC[C@H](NC(=O)OC1CCCC1)C(=O)O. The molecule has 1 saturated heterocycles. The molecule has 322 valence electrons. The molecule has 5 rings (SSSR count). The molecule has 1 heterocycles. The molecule has 2 saturated carbocycles. The van der Waals surface area contributed by atoms with Gasteiger partial charge in [-0.05, 0) is 69.6 Å². The summed E-state index contributed by atoms with van der Waals surface area (Å²) in [5.74, 6) is -3.35. The number of aliphatic carboxylic acids is 1. The lowest BCUT2D eigenvalue weighted by Gasteiger charge is -2.21. The van der Waals surface area contributed by atoms with E-state index in [1.807, 2.05) is 0 Å². The largest absolute Gasteiger partial charge is 0.480 e. The Labute approximate surface area is 342 Å². The van der Waals surface area contributed by atoms with Gasteiger partial charge in [0.15, 0.2) is 4.90 Å². The monoisotopic (exact) mass is 861 g/mol. The molecule has 2 aromatic rings. The summed E-state index contributed by atoms with van der Waals surface area (Å²) >= 11 is 0. The molecule has 2 aromatic carbocycles. The number of nitro benzene ring substituents is 1. The first-order valence-electron chi connectivity index (χ1n) is 19.6. The first-order valence-corrected chi connectivity index (χ1v) is 22.6. The van der Waals surface area contributed by atoms with Crippen molar-refractivity contribution in [1.29, 1.82) is 0 Å². The number of rotatable bonds is 22. The number of hydrogen-bond acceptors (Lipinski definition) is 13. The molecule has 1 aliphatic heterocycles. The van der Waals surface area contributed by atoms with Gasteiger partial charge in [0, 0.05) is 31.1 Å². The lowest BCUT2D eigenvalue weighted by Crippen LogP contribution is -2.55. The summed E-state index contributed by atoms with van der Waals surface area (Å²) in [5, 5.41) is 32.0. The molecule has 0 bridgehead atoms. The van der Waals surface area contributed by atoms with Gasteiger partial charge in [0.2, 0.25) is 15.9 Å². The van der Waals surface area contributed by atoms with Crippen molar-refractivity contribution in [2.75, 3.05) is 18.4 Å². The average molecular weight is 862 g/mol. The molecule has 0 aromatic heterocycles. The number of alkyl carbamates (subject to hydrolysis) is 1. The lowest BCUT2D eigenvalue weighted by molar-refractivity contribution is -0.387. The molecule has 0 radical (unpaired) electrons. The topological polar surface area (TPSA) is 281 Å². The summed E-state index contributed by atoms with van der Waals surface area (Å²) in [7, 11) is -8.78. The van der Waals surface area contributed by atoms with Gasteiger partial charge in [0.1, 0.15) is 22.6 Å². The molecule has 7 N–H and O–H groups in total. The number of nitrogens with one attached hydrogen (secondary N) is 6. The van der Waals surface area contributed by atoms with Crippen molar-refractivity contribution in [3.05, 3.63) is 71.3 Å². The predicted molar refractivity (Wildman–Crippen MR) is 214 cm³/mol. The number of anilines is 1. The highest BCUT2D eigenvalue weighted by Gasteiger charge is 2.61. The van der Waals surface area contributed by atoms with Gasteiger partial charge in [0.05, 0.1) is 16.7 Å². The van der Waals surface area contributed by atoms with Gasteiger partial charge in [-0.1, -0.05) is 56.0 Å². The fourth-order valence-electron chi connectivity index (χ4n) is 7.42. The van der Waals surface area contributed by atoms with Crippen molar-refractivity contribution in [2.45, 2.75) is 117 Å². The molecule has 3 aliphatic rings. The number of carboxylic acids is 1. The predicted octanol–water partition coefficient (Wildman–Crippen LogP) is 3.04. The van der Waals surface area contributed by atoms with Crippen molar-refractivity contribution in [3.63, 3.8) is 0 Å². The third-order valence-electron chi connectivity index (χ3n) is 10.7. The number of nitrogens with zero attached hydrogens (tertiary/aromatic N) is 1. The smallest absolute Gasteiger partial charge is 0.408 e. The van der Waals surface area contributed by atoms with Gasteiger partial charge < -0.3 is 31.1 Å². The Balaban J connectivity index is 1.08. The second-order valence-corrected chi connectivity index (χ2v) is 18.3. The van der Waals surface area contributed by atoms with Crippen LogP contribution in [0.2, 0.25) is 0 Å². The van der Waals surface area contributed by atoms with E-state index in [2.05, 4.69) is 37.3 Å². The number of hydrogen-bond donors (Lipinski definition) is 7. The number of carbonyl (C=O) groups is 4. The standard InChI is InChI=1S/C38H51N7O12S2/c1-2-25-23-38(25,42-34(46)30-22-26(24-40-30)43-59(55,56)33-20-12-10-18-31(33)45(51)52)36(49)44-58(53,54)32-19-11-9-16-28(32)39-21-13-5-3-4-6-17-29(35(47)48)41-37(50)57-27-14-7-8-15-27/h2,9-12,16,18-20,25-27,29-30,39-40,43H,1,3-8,13-15,17,21-24H2,(H,41,50)(H,42,46)(H,44,49)(H,47,48)/t25-,26-,29+,30+,38-/m1/s1. The Morgan fingerprint density at radius 2 is 1.63 bits per heavy atom. The average Bonchev–Trinajstić information content (AvgIpc) is 3.44. The molecule has 19 nitrogen and oxygen atoms in total. The highest BCUT2D eigenvalue weighted by atomic mass is 32.2. The summed E-state index contributed by atoms with van der Waals surface area (Å²) < 4.78 is 63.0. The summed E-state index contributed by atoms with van der Waals surface area (Å²) in [4.78, 5) is 60.7. The zero-order valence-corrected chi connectivity index (χ0v) is 34.0. The molecule has 0 unspecified atom stereocenters. The lowest BCUT2D eigenvalue weighted by atomic mass is 10.1. The second-order valence-electron chi connectivity index (χ2n) is 15.0. The summed E-state index contributed by atoms with van der Waals surface area (Å²) in [5.41, 5.74) is -1.97. The number of unbranched alkanes of at least 4 members (excludes halogenated alkanes) is 4. The van der Waals surface area contributed by atoms with Crippen molar-refractivity contribution in [2.24, 2.45) is 5.92 Å². The van der Waals surface area contributed by atoms with E-state index in [1.54, 1.807) is 12.1 Å². The minimum absolute atomic E-state index is 0.00474. The highest BCUT2D eigenvalue weighted by Crippen LogP contribution is 2.45. The summed E-state index contributed by atoms with van der Waals surface area (Å²) in [6.07, 6.45) is 7.87. The van der Waals surface area contributed by atoms with Crippen molar-refractivity contribution < 1.29 is 50.8 Å². The van der Waals surface area contributed by atoms with E-state index >= 15 is 0 Å². The van der Waals surface area contributed by atoms with Crippen molar-refractivity contribution >= 4 is 55.3 Å². The maximum absolute atomic E-state index is 13.6.